The van der Waals surface area contributed by atoms with Gasteiger partial charge in [-0.25, -0.2) is 0 Å². The third-order valence-corrected chi connectivity index (χ3v) is 4.77. The van der Waals surface area contributed by atoms with Crippen molar-refractivity contribution in [3.63, 3.8) is 0 Å². The van der Waals surface area contributed by atoms with Gasteiger partial charge in [0.1, 0.15) is 23.6 Å². The van der Waals surface area contributed by atoms with Crippen molar-refractivity contribution < 1.29 is 53.3 Å². The molecule has 0 saturated carbocycles. The van der Waals surface area contributed by atoms with Crippen molar-refractivity contribution in [1.82, 2.24) is 4.98 Å². The monoisotopic (exact) mass is 454 g/mol. The minimum absolute atomic E-state index is 0. The van der Waals surface area contributed by atoms with Crippen molar-refractivity contribution in [2.75, 3.05) is 24.7 Å². The third-order valence-electron chi connectivity index (χ3n) is 4.77. The maximum atomic E-state index is 10.7. The number of benzene rings is 3. The number of fused-ring (bicyclic) bond motifs is 1. The number of nitrogens with zero attached hydrogens (tertiary/aromatic N) is 2. The Morgan fingerprint density at radius 2 is 1.70 bits per heavy atom. The molecule has 0 spiro atoms. The van der Waals surface area contributed by atoms with E-state index in [9.17, 15) is 9.90 Å². The number of rotatable bonds is 11. The van der Waals surface area contributed by atoms with Gasteiger partial charge in [-0.1, -0.05) is 42.5 Å². The maximum absolute atomic E-state index is 10.7. The average molecular weight is 454 g/mol. The van der Waals surface area contributed by atoms with Gasteiger partial charge in [-0.15, -0.1) is 0 Å². The number of aromatic nitrogens is 1. The number of hydrogen-bond donors (Lipinski definition) is 0. The number of carbonyl (C=O) groups excluding carboxylic acids is 1. The summed E-state index contributed by atoms with van der Waals surface area (Å²) in [4.78, 5) is 17.3. The predicted octanol–water partition coefficient (Wildman–Crippen LogP) is 0.436. The van der Waals surface area contributed by atoms with Gasteiger partial charge in [-0.3, -0.25) is 0 Å². The average Bonchev–Trinajstić information content (AvgIpc) is 3.25. The van der Waals surface area contributed by atoms with Gasteiger partial charge in [0.15, 0.2) is 5.58 Å². The first kappa shape index (κ1) is 24.6. The maximum Gasteiger partial charge on any atom is 1.00 e. The Morgan fingerprint density at radius 3 is 2.48 bits per heavy atom. The normalized spacial score (nSPS) is 10.4. The van der Waals surface area contributed by atoms with Crippen LogP contribution in [0, 0.1) is 0 Å². The van der Waals surface area contributed by atoms with Gasteiger partial charge in [0.2, 0.25) is 0 Å². The quantitative estimate of drug-likeness (QED) is 0.240. The topological polar surface area (TPSA) is 87.9 Å². The van der Waals surface area contributed by atoms with Crippen LogP contribution in [-0.2, 0) is 11.3 Å². The number of carbonyl (C=O) groups is 1. The first-order valence-electron chi connectivity index (χ1n) is 10.4. The van der Waals surface area contributed by atoms with E-state index in [1.807, 2.05) is 71.6 Å². The molecule has 164 valence electrons. The Bertz CT molecular complexity index is 1130. The van der Waals surface area contributed by atoms with Gasteiger partial charge in [0.25, 0.3) is 6.01 Å². The second kappa shape index (κ2) is 12.3. The molecular weight excluding hydrogens is 431 g/mol. The van der Waals surface area contributed by atoms with Crippen molar-refractivity contribution in [3.05, 3.63) is 84.4 Å². The number of carboxylic acids is 1. The molecule has 0 amide bonds. The molecule has 1 heterocycles. The van der Waals surface area contributed by atoms with E-state index in [4.69, 9.17) is 13.9 Å². The molecule has 0 aliphatic heterocycles. The molecular formula is C25H23N2NaO5. The standard InChI is InChI=1S/C25H24N2O5.Na/c28-24(29)18-31-21-11-6-8-19(16-21)17-27(14-7-15-30-20-9-2-1-3-10-20)25-26-22-12-4-5-13-23(22)32-25;/h1-6,8-13,16H,7,14-15,17-18H2,(H,28,29);/q;+1/p-1. The van der Waals surface area contributed by atoms with E-state index in [1.54, 1.807) is 12.1 Å². The van der Waals surface area contributed by atoms with Crippen molar-refractivity contribution in [2.45, 2.75) is 13.0 Å². The summed E-state index contributed by atoms with van der Waals surface area (Å²) in [5, 5.41) is 10.7. The molecule has 0 unspecified atom stereocenters. The van der Waals surface area contributed by atoms with E-state index >= 15 is 0 Å². The van der Waals surface area contributed by atoms with Crippen LogP contribution >= 0.6 is 0 Å². The molecule has 0 saturated heterocycles. The molecule has 0 aliphatic carbocycles. The summed E-state index contributed by atoms with van der Waals surface area (Å²) in [7, 11) is 0. The van der Waals surface area contributed by atoms with Crippen molar-refractivity contribution in [1.29, 1.82) is 0 Å². The van der Waals surface area contributed by atoms with E-state index in [-0.39, 0.29) is 29.6 Å². The minimum atomic E-state index is -1.26. The van der Waals surface area contributed by atoms with Gasteiger partial charge in [-0.05, 0) is 48.4 Å². The van der Waals surface area contributed by atoms with Crippen LogP contribution in [0.5, 0.6) is 11.5 Å². The molecule has 0 fully saturated rings. The fourth-order valence-electron chi connectivity index (χ4n) is 3.30. The zero-order chi connectivity index (χ0) is 22.2. The Kier molecular flexibility index (Phi) is 9.18. The van der Waals surface area contributed by atoms with Crippen LogP contribution < -0.4 is 49.0 Å². The Morgan fingerprint density at radius 1 is 0.939 bits per heavy atom. The summed E-state index contributed by atoms with van der Waals surface area (Å²) in [5.74, 6) is 0.0391. The molecule has 4 rings (SSSR count). The van der Waals surface area contributed by atoms with Gasteiger partial charge < -0.3 is 28.7 Å². The van der Waals surface area contributed by atoms with Crippen LogP contribution in [0.4, 0.5) is 6.01 Å². The van der Waals surface area contributed by atoms with E-state index in [0.29, 0.717) is 31.5 Å². The molecule has 0 radical (unpaired) electrons. The second-order valence-corrected chi connectivity index (χ2v) is 7.21. The smallest absolute Gasteiger partial charge is 0.546 e. The molecule has 33 heavy (non-hydrogen) atoms. The van der Waals surface area contributed by atoms with Crippen molar-refractivity contribution in [2.24, 2.45) is 0 Å². The summed E-state index contributed by atoms with van der Waals surface area (Å²) < 4.78 is 17.1. The summed E-state index contributed by atoms with van der Waals surface area (Å²) >= 11 is 0. The Labute approximate surface area is 214 Å². The molecule has 1 aromatic heterocycles. The zero-order valence-electron chi connectivity index (χ0n) is 18.5. The number of aliphatic carboxylic acids is 1. The second-order valence-electron chi connectivity index (χ2n) is 7.21. The third kappa shape index (κ3) is 7.25. The predicted molar refractivity (Wildman–Crippen MR) is 119 cm³/mol. The fourth-order valence-corrected chi connectivity index (χ4v) is 3.30. The molecule has 0 aliphatic rings. The summed E-state index contributed by atoms with van der Waals surface area (Å²) in [6, 6.07) is 25.1. The molecule has 3 aromatic carbocycles. The fraction of sp³-hybridized carbons (Fsp3) is 0.200. The summed E-state index contributed by atoms with van der Waals surface area (Å²) in [6.45, 7) is 1.23. The van der Waals surface area contributed by atoms with Crippen LogP contribution in [0.1, 0.15) is 12.0 Å². The number of hydrogen-bond acceptors (Lipinski definition) is 7. The van der Waals surface area contributed by atoms with E-state index < -0.39 is 12.6 Å². The number of carboxylic acid groups (broad SMARTS) is 1. The molecule has 8 heteroatoms. The van der Waals surface area contributed by atoms with Gasteiger partial charge in [0, 0.05) is 13.1 Å². The number of oxazole rings is 1. The first-order chi connectivity index (χ1) is 15.7. The SMILES string of the molecule is O=C([O-])COc1cccc(CN(CCCOc2ccccc2)c2nc3ccccc3o2)c1.[Na+]. The van der Waals surface area contributed by atoms with Crippen LogP contribution in [0.15, 0.2) is 83.3 Å². The number of ether oxygens (including phenoxy) is 2. The molecule has 7 nitrogen and oxygen atoms in total. The number of anilines is 1. The van der Waals surface area contributed by atoms with Crippen molar-refractivity contribution in [3.8, 4) is 11.5 Å². The van der Waals surface area contributed by atoms with Crippen LogP contribution in [0.25, 0.3) is 11.1 Å². The summed E-state index contributed by atoms with van der Waals surface area (Å²) in [6.07, 6.45) is 0.758. The Balaban J connectivity index is 0.00000306. The molecule has 4 aromatic rings. The first-order valence-corrected chi connectivity index (χ1v) is 10.4. The van der Waals surface area contributed by atoms with Crippen molar-refractivity contribution >= 4 is 23.1 Å². The zero-order valence-corrected chi connectivity index (χ0v) is 20.5. The van der Waals surface area contributed by atoms with E-state index in [0.717, 1.165) is 28.8 Å². The van der Waals surface area contributed by atoms with E-state index in [1.165, 1.54) is 0 Å². The summed E-state index contributed by atoms with van der Waals surface area (Å²) in [5.41, 5.74) is 2.45. The molecule has 0 atom stereocenters. The van der Waals surface area contributed by atoms with Gasteiger partial charge in [0.05, 0.1) is 12.6 Å². The van der Waals surface area contributed by atoms with Crippen LogP contribution in [0.3, 0.4) is 0 Å². The van der Waals surface area contributed by atoms with Gasteiger partial charge >= 0.3 is 29.6 Å². The van der Waals surface area contributed by atoms with Crippen LogP contribution in [0.2, 0.25) is 0 Å². The largest absolute Gasteiger partial charge is 1.00 e. The van der Waals surface area contributed by atoms with Gasteiger partial charge in [-0.2, -0.15) is 4.98 Å². The molecule has 0 bridgehead atoms. The molecule has 0 N–H and O–H groups in total. The van der Waals surface area contributed by atoms with E-state index in [2.05, 4.69) is 4.98 Å². The number of para-hydroxylation sites is 3. The Hall–Kier alpha value is -3.00. The van der Waals surface area contributed by atoms with Crippen LogP contribution in [-0.4, -0.2) is 30.7 Å². The minimum Gasteiger partial charge on any atom is -0.546 e.